The predicted octanol–water partition coefficient (Wildman–Crippen LogP) is 3.26. The van der Waals surface area contributed by atoms with Gasteiger partial charge in [-0.15, -0.1) is 0 Å². The van der Waals surface area contributed by atoms with Gasteiger partial charge in [-0.2, -0.15) is 10.4 Å². The zero-order chi connectivity index (χ0) is 20.1. The smallest absolute Gasteiger partial charge is 0.224 e. The first kappa shape index (κ1) is 17.6. The lowest BCUT2D eigenvalue weighted by atomic mass is 9.83. The van der Waals surface area contributed by atoms with Gasteiger partial charge in [-0.1, -0.05) is 19.1 Å². The second kappa shape index (κ2) is 6.52. The lowest BCUT2D eigenvalue weighted by Gasteiger charge is -2.25. The van der Waals surface area contributed by atoms with Crippen molar-refractivity contribution in [2.45, 2.75) is 38.0 Å². The number of hydrogen-bond donors (Lipinski definition) is 1. The number of hydrogen-bond acceptors (Lipinski definition) is 5. The molecule has 5 rings (SSSR count). The van der Waals surface area contributed by atoms with Gasteiger partial charge in [0.05, 0.1) is 17.2 Å². The van der Waals surface area contributed by atoms with Crippen molar-refractivity contribution in [2.75, 3.05) is 0 Å². The molecule has 146 valence electrons. The van der Waals surface area contributed by atoms with Gasteiger partial charge in [-0.05, 0) is 37.0 Å². The number of nitrogens with two attached hydrogens (primary N) is 1. The molecule has 2 N–H and O–H groups in total. The van der Waals surface area contributed by atoms with E-state index < -0.39 is 0 Å². The summed E-state index contributed by atoms with van der Waals surface area (Å²) in [6.45, 7) is 2.05. The molecule has 7 nitrogen and oxygen atoms in total. The number of nitrogens with zero attached hydrogens (tertiary/aromatic N) is 5. The number of ether oxygens (including phenoxy) is 1. The van der Waals surface area contributed by atoms with Crippen molar-refractivity contribution in [2.24, 2.45) is 12.8 Å². The number of aromatic nitrogens is 4. The lowest BCUT2D eigenvalue weighted by Crippen LogP contribution is -2.22. The molecule has 29 heavy (non-hydrogen) atoms. The van der Waals surface area contributed by atoms with Crippen LogP contribution in [0.1, 0.15) is 54.2 Å². The molecule has 1 aliphatic heterocycles. The maximum absolute atomic E-state index is 9.79. The highest BCUT2D eigenvalue weighted by Crippen LogP contribution is 2.44. The van der Waals surface area contributed by atoms with E-state index in [1.165, 1.54) is 12.8 Å². The fraction of sp³-hybridized carbons (Fsp3) is 0.318. The Morgan fingerprint density at radius 2 is 2.03 bits per heavy atom. The van der Waals surface area contributed by atoms with Crippen molar-refractivity contribution in [3.8, 4) is 17.6 Å². The largest absolute Gasteiger partial charge is 0.422 e. The molecule has 0 bridgehead atoms. The maximum atomic E-state index is 9.79. The molecule has 1 unspecified atom stereocenters. The van der Waals surface area contributed by atoms with E-state index in [0.29, 0.717) is 17.4 Å². The first-order chi connectivity index (χ1) is 14.1. The molecule has 2 aromatic heterocycles. The van der Waals surface area contributed by atoms with Crippen LogP contribution in [0, 0.1) is 11.3 Å². The second-order valence-corrected chi connectivity index (χ2v) is 7.59. The topological polar surface area (TPSA) is 94.7 Å². The summed E-state index contributed by atoms with van der Waals surface area (Å²) in [5.74, 6) is 2.15. The Morgan fingerprint density at radius 3 is 2.69 bits per heavy atom. The summed E-state index contributed by atoms with van der Waals surface area (Å²) in [6.07, 6.45) is 7.02. The van der Waals surface area contributed by atoms with Gasteiger partial charge in [0, 0.05) is 31.0 Å². The van der Waals surface area contributed by atoms with E-state index in [2.05, 4.69) is 51.9 Å². The molecule has 3 aromatic rings. The van der Waals surface area contributed by atoms with Crippen molar-refractivity contribution >= 4 is 0 Å². The third kappa shape index (κ3) is 2.71. The van der Waals surface area contributed by atoms with Gasteiger partial charge in [0.25, 0.3) is 0 Å². The van der Waals surface area contributed by atoms with Crippen molar-refractivity contribution < 1.29 is 4.74 Å². The van der Waals surface area contributed by atoms with Crippen LogP contribution in [-0.4, -0.2) is 19.3 Å². The quantitative estimate of drug-likeness (QED) is 0.743. The first-order valence-electron chi connectivity index (χ1n) is 9.89. The molecule has 1 saturated carbocycles. The number of rotatable bonds is 4. The van der Waals surface area contributed by atoms with Crippen LogP contribution >= 0.6 is 0 Å². The van der Waals surface area contributed by atoms with Gasteiger partial charge >= 0.3 is 0 Å². The van der Waals surface area contributed by atoms with E-state index in [1.807, 2.05) is 19.4 Å². The molecule has 7 heteroatoms. The van der Waals surface area contributed by atoms with Gasteiger partial charge in [0.15, 0.2) is 0 Å². The predicted molar refractivity (Wildman–Crippen MR) is 107 cm³/mol. The van der Waals surface area contributed by atoms with E-state index in [-0.39, 0.29) is 11.8 Å². The van der Waals surface area contributed by atoms with Gasteiger partial charge < -0.3 is 15.0 Å². The van der Waals surface area contributed by atoms with Crippen LogP contribution in [0.25, 0.3) is 5.69 Å². The monoisotopic (exact) mass is 386 g/mol. The van der Waals surface area contributed by atoms with Crippen molar-refractivity contribution in [3.63, 3.8) is 0 Å². The van der Waals surface area contributed by atoms with Crippen LogP contribution in [0.15, 0.2) is 48.1 Å². The summed E-state index contributed by atoms with van der Waals surface area (Å²) < 4.78 is 9.60. The number of allylic oxidation sites excluding steroid dienone is 1. The van der Waals surface area contributed by atoms with E-state index in [0.717, 1.165) is 34.8 Å². The molecular weight excluding hydrogens is 364 g/mol. The first-order valence-corrected chi connectivity index (χ1v) is 9.89. The van der Waals surface area contributed by atoms with Crippen LogP contribution < -0.4 is 10.5 Å². The number of benzene rings is 1. The Morgan fingerprint density at radius 1 is 1.28 bits per heavy atom. The lowest BCUT2D eigenvalue weighted by molar-refractivity contribution is 0.358. The molecule has 0 saturated heterocycles. The highest BCUT2D eigenvalue weighted by molar-refractivity contribution is 5.56. The Hall–Kier alpha value is -3.53. The Labute approximate surface area is 169 Å². The molecule has 2 aliphatic rings. The Balaban J connectivity index is 1.60. The highest BCUT2D eigenvalue weighted by atomic mass is 16.5. The second-order valence-electron chi connectivity index (χ2n) is 7.59. The van der Waals surface area contributed by atoms with Crippen molar-refractivity contribution in [1.82, 2.24) is 19.3 Å². The SMILES string of the molecule is CCc1nn(C)c2c1C(c1ccc(-n3ccnc3C3CC3)cc1)C(C#N)=C(N)O2. The molecule has 0 radical (unpaired) electrons. The van der Waals surface area contributed by atoms with E-state index in [9.17, 15) is 5.26 Å². The number of fused-ring (bicyclic) bond motifs is 1. The van der Waals surface area contributed by atoms with Crippen LogP contribution in [-0.2, 0) is 13.5 Å². The van der Waals surface area contributed by atoms with Gasteiger partial charge in [0.2, 0.25) is 11.8 Å². The van der Waals surface area contributed by atoms with Crippen molar-refractivity contribution in [1.29, 1.82) is 5.26 Å². The van der Waals surface area contributed by atoms with Gasteiger partial charge in [0.1, 0.15) is 17.5 Å². The minimum absolute atomic E-state index is 0.144. The third-order valence-corrected chi connectivity index (χ3v) is 5.73. The van der Waals surface area contributed by atoms with Crippen LogP contribution in [0.4, 0.5) is 0 Å². The van der Waals surface area contributed by atoms with Crippen molar-refractivity contribution in [3.05, 3.63) is 70.8 Å². The molecule has 1 aliphatic carbocycles. The molecule has 3 heterocycles. The molecule has 1 aromatic carbocycles. The van der Waals surface area contributed by atoms with Crippen LogP contribution in [0.5, 0.6) is 5.88 Å². The Bertz CT molecular complexity index is 1160. The summed E-state index contributed by atoms with van der Waals surface area (Å²) in [6, 6.07) is 10.5. The van der Waals surface area contributed by atoms with E-state index in [1.54, 1.807) is 4.68 Å². The summed E-state index contributed by atoms with van der Waals surface area (Å²) in [7, 11) is 1.83. The van der Waals surface area contributed by atoms with Gasteiger partial charge in [-0.25, -0.2) is 9.67 Å². The molecule has 1 fully saturated rings. The third-order valence-electron chi connectivity index (χ3n) is 5.73. The number of aryl methyl sites for hydroxylation is 2. The zero-order valence-corrected chi connectivity index (χ0v) is 16.5. The molecule has 0 spiro atoms. The summed E-state index contributed by atoms with van der Waals surface area (Å²) >= 11 is 0. The van der Waals surface area contributed by atoms with E-state index >= 15 is 0 Å². The summed E-state index contributed by atoms with van der Waals surface area (Å²) in [5, 5.41) is 14.4. The van der Waals surface area contributed by atoms with Crippen LogP contribution in [0.3, 0.4) is 0 Å². The fourth-order valence-electron chi connectivity index (χ4n) is 4.15. The highest BCUT2D eigenvalue weighted by Gasteiger charge is 2.36. The zero-order valence-electron chi connectivity index (χ0n) is 16.5. The van der Waals surface area contributed by atoms with E-state index in [4.69, 9.17) is 10.5 Å². The minimum Gasteiger partial charge on any atom is -0.422 e. The molecule has 0 amide bonds. The average molecular weight is 386 g/mol. The maximum Gasteiger partial charge on any atom is 0.224 e. The average Bonchev–Trinajstić information content (AvgIpc) is 3.38. The standard InChI is InChI=1S/C22H22N6O/c1-3-17-19-18(16(12-23)20(24)29-22(19)27(2)26-17)13-6-8-15(9-7-13)28-11-10-25-21(28)14-4-5-14/h6-11,14,18H,3-5,24H2,1-2H3. The molecule has 1 atom stereocenters. The molecular formula is C22H22N6O. The summed E-state index contributed by atoms with van der Waals surface area (Å²) in [4.78, 5) is 4.53. The minimum atomic E-state index is -0.285. The fourth-order valence-corrected chi connectivity index (χ4v) is 4.15. The summed E-state index contributed by atoms with van der Waals surface area (Å²) in [5.41, 5.74) is 10.4. The number of imidazole rings is 1. The van der Waals surface area contributed by atoms with Crippen LogP contribution in [0.2, 0.25) is 0 Å². The Kier molecular flexibility index (Phi) is 3.95. The van der Waals surface area contributed by atoms with Gasteiger partial charge in [-0.3, -0.25) is 0 Å². The number of nitriles is 1. The normalized spacial score (nSPS) is 18.3.